The van der Waals surface area contributed by atoms with Gasteiger partial charge in [0.15, 0.2) is 11.5 Å². The van der Waals surface area contributed by atoms with Gasteiger partial charge >= 0.3 is 5.97 Å². The SMILES string of the molecule is COc1ccc(CC(=O)Nc2cnccc2C(=O)O)cc1OC. The lowest BCUT2D eigenvalue weighted by molar-refractivity contribution is -0.115. The predicted octanol–water partition coefficient (Wildman–Crippen LogP) is 1.98. The van der Waals surface area contributed by atoms with Crippen molar-refractivity contribution in [1.82, 2.24) is 4.98 Å². The molecule has 0 aliphatic heterocycles. The van der Waals surface area contributed by atoms with Gasteiger partial charge in [-0.3, -0.25) is 9.78 Å². The molecule has 0 unspecified atom stereocenters. The highest BCUT2D eigenvalue weighted by atomic mass is 16.5. The van der Waals surface area contributed by atoms with Crippen molar-refractivity contribution in [3.63, 3.8) is 0 Å². The average molecular weight is 316 g/mol. The molecular formula is C16H16N2O5. The summed E-state index contributed by atoms with van der Waals surface area (Å²) in [4.78, 5) is 27.0. The first-order valence-electron chi connectivity index (χ1n) is 6.73. The number of nitrogens with zero attached hydrogens (tertiary/aromatic N) is 1. The van der Waals surface area contributed by atoms with Crippen molar-refractivity contribution in [2.45, 2.75) is 6.42 Å². The number of hydrogen-bond donors (Lipinski definition) is 2. The molecule has 2 aromatic rings. The number of benzene rings is 1. The van der Waals surface area contributed by atoms with Crippen LogP contribution in [0.3, 0.4) is 0 Å². The highest BCUT2D eigenvalue weighted by Gasteiger charge is 2.13. The van der Waals surface area contributed by atoms with Crippen molar-refractivity contribution in [2.75, 3.05) is 19.5 Å². The average Bonchev–Trinajstić information content (AvgIpc) is 2.54. The highest BCUT2D eigenvalue weighted by molar-refractivity contribution is 6.00. The lowest BCUT2D eigenvalue weighted by Crippen LogP contribution is -2.17. The minimum absolute atomic E-state index is 0.0133. The summed E-state index contributed by atoms with van der Waals surface area (Å²) in [7, 11) is 3.04. The number of carboxylic acid groups (broad SMARTS) is 1. The maximum Gasteiger partial charge on any atom is 0.337 e. The third-order valence-corrected chi connectivity index (χ3v) is 3.14. The molecular weight excluding hydrogens is 300 g/mol. The van der Waals surface area contributed by atoms with Gasteiger partial charge in [-0.2, -0.15) is 0 Å². The van der Waals surface area contributed by atoms with Crippen LogP contribution < -0.4 is 14.8 Å². The fourth-order valence-corrected chi connectivity index (χ4v) is 2.05. The van der Waals surface area contributed by atoms with E-state index in [-0.39, 0.29) is 23.6 Å². The molecule has 0 fully saturated rings. The number of nitrogens with one attached hydrogen (secondary N) is 1. The first kappa shape index (κ1) is 16.3. The van der Waals surface area contributed by atoms with Crippen LogP contribution in [0.2, 0.25) is 0 Å². The van der Waals surface area contributed by atoms with Crippen LogP contribution in [-0.4, -0.2) is 36.2 Å². The molecule has 0 radical (unpaired) electrons. The largest absolute Gasteiger partial charge is 0.493 e. The number of pyridine rings is 1. The van der Waals surface area contributed by atoms with Gasteiger partial charge in [0, 0.05) is 6.20 Å². The molecule has 0 saturated carbocycles. The van der Waals surface area contributed by atoms with Gasteiger partial charge in [-0.25, -0.2) is 4.79 Å². The molecule has 7 nitrogen and oxygen atoms in total. The first-order valence-corrected chi connectivity index (χ1v) is 6.73. The Labute approximate surface area is 132 Å². The van der Waals surface area contributed by atoms with Crippen LogP contribution in [0.4, 0.5) is 5.69 Å². The van der Waals surface area contributed by atoms with Crippen molar-refractivity contribution >= 4 is 17.6 Å². The van der Waals surface area contributed by atoms with E-state index in [1.807, 2.05) is 0 Å². The number of carboxylic acids is 1. The van der Waals surface area contributed by atoms with Crippen LogP contribution in [0.1, 0.15) is 15.9 Å². The zero-order chi connectivity index (χ0) is 16.8. The van der Waals surface area contributed by atoms with Gasteiger partial charge in [-0.1, -0.05) is 6.07 Å². The number of rotatable bonds is 6. The topological polar surface area (TPSA) is 97.8 Å². The number of ether oxygens (including phenoxy) is 2. The number of aromatic carboxylic acids is 1. The number of aromatic nitrogens is 1. The zero-order valence-corrected chi connectivity index (χ0v) is 12.7. The van der Waals surface area contributed by atoms with Crippen molar-refractivity contribution in [1.29, 1.82) is 0 Å². The highest BCUT2D eigenvalue weighted by Crippen LogP contribution is 2.27. The summed E-state index contributed by atoms with van der Waals surface area (Å²) in [5, 5.41) is 11.6. The van der Waals surface area contributed by atoms with E-state index >= 15 is 0 Å². The number of anilines is 1. The molecule has 1 amide bonds. The Kier molecular flexibility index (Phi) is 5.14. The minimum Gasteiger partial charge on any atom is -0.493 e. The smallest absolute Gasteiger partial charge is 0.337 e. The fourth-order valence-electron chi connectivity index (χ4n) is 2.05. The first-order chi connectivity index (χ1) is 11.0. The van der Waals surface area contributed by atoms with E-state index in [0.717, 1.165) is 0 Å². The van der Waals surface area contributed by atoms with E-state index in [4.69, 9.17) is 14.6 Å². The van der Waals surface area contributed by atoms with Gasteiger partial charge in [-0.05, 0) is 23.8 Å². The van der Waals surface area contributed by atoms with Gasteiger partial charge < -0.3 is 19.9 Å². The van der Waals surface area contributed by atoms with E-state index in [1.165, 1.54) is 32.7 Å². The molecule has 2 rings (SSSR count). The van der Waals surface area contributed by atoms with Crippen LogP contribution in [0, 0.1) is 0 Å². The summed E-state index contributed by atoms with van der Waals surface area (Å²) in [5.41, 5.74) is 0.854. The van der Waals surface area contributed by atoms with Gasteiger partial charge in [0.2, 0.25) is 5.91 Å². The van der Waals surface area contributed by atoms with Crippen LogP contribution >= 0.6 is 0 Å². The number of methoxy groups -OCH3 is 2. The van der Waals surface area contributed by atoms with E-state index < -0.39 is 5.97 Å². The fraction of sp³-hybridized carbons (Fsp3) is 0.188. The number of carbonyl (C=O) groups excluding carboxylic acids is 1. The van der Waals surface area contributed by atoms with Crippen molar-refractivity contribution in [3.8, 4) is 11.5 Å². The van der Waals surface area contributed by atoms with E-state index in [1.54, 1.807) is 18.2 Å². The Bertz CT molecular complexity index is 730. The normalized spacial score (nSPS) is 10.0. The molecule has 1 aromatic heterocycles. The number of carbonyl (C=O) groups is 2. The Morgan fingerprint density at radius 3 is 2.57 bits per heavy atom. The van der Waals surface area contributed by atoms with E-state index in [9.17, 15) is 9.59 Å². The summed E-state index contributed by atoms with van der Waals surface area (Å²) in [6.07, 6.45) is 2.72. The summed E-state index contributed by atoms with van der Waals surface area (Å²) < 4.78 is 10.3. The van der Waals surface area contributed by atoms with E-state index in [0.29, 0.717) is 17.1 Å². The van der Waals surface area contributed by atoms with Gasteiger partial charge in [0.05, 0.1) is 38.1 Å². The molecule has 1 aromatic carbocycles. The lowest BCUT2D eigenvalue weighted by atomic mass is 10.1. The summed E-state index contributed by atoms with van der Waals surface area (Å²) in [5.74, 6) is -0.399. The van der Waals surface area contributed by atoms with Gasteiger partial charge in [0.25, 0.3) is 0 Å². The Balaban J connectivity index is 2.13. The van der Waals surface area contributed by atoms with Crippen molar-refractivity contribution in [2.24, 2.45) is 0 Å². The molecule has 0 atom stereocenters. The maximum absolute atomic E-state index is 12.1. The molecule has 2 N–H and O–H groups in total. The summed E-state index contributed by atoms with van der Waals surface area (Å²) >= 11 is 0. The number of amides is 1. The predicted molar refractivity (Wildman–Crippen MR) is 83.1 cm³/mol. The van der Waals surface area contributed by atoms with Gasteiger partial charge in [0.1, 0.15) is 0 Å². The van der Waals surface area contributed by atoms with Gasteiger partial charge in [-0.15, -0.1) is 0 Å². The minimum atomic E-state index is -1.13. The Hall–Kier alpha value is -3.09. The summed E-state index contributed by atoms with van der Waals surface area (Å²) in [6, 6.07) is 6.46. The standard InChI is InChI=1S/C16H16N2O5/c1-22-13-4-3-10(7-14(13)23-2)8-15(19)18-12-9-17-6-5-11(12)16(20)21/h3-7,9H,8H2,1-2H3,(H,18,19)(H,20,21). The Morgan fingerprint density at radius 1 is 1.17 bits per heavy atom. The molecule has 0 saturated heterocycles. The second kappa shape index (κ2) is 7.26. The van der Waals surface area contributed by atoms with Crippen LogP contribution in [0.15, 0.2) is 36.7 Å². The number of hydrogen-bond acceptors (Lipinski definition) is 5. The summed E-state index contributed by atoms with van der Waals surface area (Å²) in [6.45, 7) is 0. The van der Waals surface area contributed by atoms with Crippen LogP contribution in [0.25, 0.3) is 0 Å². The second-order valence-electron chi connectivity index (χ2n) is 4.64. The lowest BCUT2D eigenvalue weighted by Gasteiger charge is -2.10. The van der Waals surface area contributed by atoms with Crippen molar-refractivity contribution < 1.29 is 24.2 Å². The van der Waals surface area contributed by atoms with Crippen LogP contribution in [0.5, 0.6) is 11.5 Å². The molecule has 0 bridgehead atoms. The quantitative estimate of drug-likeness (QED) is 0.845. The Morgan fingerprint density at radius 2 is 1.91 bits per heavy atom. The molecule has 1 heterocycles. The third kappa shape index (κ3) is 3.97. The molecule has 23 heavy (non-hydrogen) atoms. The zero-order valence-electron chi connectivity index (χ0n) is 12.7. The molecule has 0 spiro atoms. The second-order valence-corrected chi connectivity index (χ2v) is 4.64. The third-order valence-electron chi connectivity index (χ3n) is 3.14. The molecule has 0 aliphatic rings. The maximum atomic E-state index is 12.1. The van der Waals surface area contributed by atoms with E-state index in [2.05, 4.69) is 10.3 Å². The molecule has 0 aliphatic carbocycles. The van der Waals surface area contributed by atoms with Crippen molar-refractivity contribution in [3.05, 3.63) is 47.8 Å². The molecule has 120 valence electrons. The monoisotopic (exact) mass is 316 g/mol. The van der Waals surface area contributed by atoms with Crippen LogP contribution in [-0.2, 0) is 11.2 Å². The molecule has 7 heteroatoms.